The first-order valence-electron chi connectivity index (χ1n) is 20.4. The number of esters is 2. The molecule has 0 bridgehead atoms. The predicted octanol–water partition coefficient (Wildman–Crippen LogP) is 12.5. The van der Waals surface area contributed by atoms with Crippen LogP contribution in [0.25, 0.3) is 0 Å². The molecule has 0 aromatic rings. The quantitative estimate of drug-likeness (QED) is 0.0280. The van der Waals surface area contributed by atoms with Crippen LogP contribution < -0.4 is 0 Å². The molecule has 0 amide bonds. The number of phosphoric ester groups is 1. The number of rotatable bonds is 36. The SMILES string of the molecule is CC/C=C/C/C=C/C/C=C/C/C=C/C/C=C/CCCCCCCCC(=O)OCC(COP(=O)(O)O)OC(=O)CC/C=C/C/C=C/CCCCCCCC. The van der Waals surface area contributed by atoms with Crippen LogP contribution in [0.2, 0.25) is 0 Å². The van der Waals surface area contributed by atoms with Gasteiger partial charge in [0.15, 0.2) is 6.10 Å². The van der Waals surface area contributed by atoms with Crippen molar-refractivity contribution in [3.05, 3.63) is 85.1 Å². The van der Waals surface area contributed by atoms with Crippen molar-refractivity contribution in [2.24, 2.45) is 0 Å². The topological polar surface area (TPSA) is 119 Å². The highest BCUT2D eigenvalue weighted by Crippen LogP contribution is 2.36. The molecule has 0 rings (SSSR count). The van der Waals surface area contributed by atoms with Crippen LogP contribution in [0, 0.1) is 0 Å². The van der Waals surface area contributed by atoms with Crippen molar-refractivity contribution < 1.29 is 37.9 Å². The monoisotopic (exact) mass is 761 g/mol. The Morgan fingerprint density at radius 2 is 0.943 bits per heavy atom. The highest BCUT2D eigenvalue weighted by atomic mass is 31.2. The number of unbranched alkanes of at least 4 members (excludes halogenated alkanes) is 12. The van der Waals surface area contributed by atoms with Crippen molar-refractivity contribution in [1.82, 2.24) is 0 Å². The van der Waals surface area contributed by atoms with E-state index < -0.39 is 32.5 Å². The summed E-state index contributed by atoms with van der Waals surface area (Å²) in [6, 6.07) is 0. The van der Waals surface area contributed by atoms with E-state index in [0.717, 1.165) is 83.5 Å². The van der Waals surface area contributed by atoms with Gasteiger partial charge in [-0.1, -0.05) is 157 Å². The first-order chi connectivity index (χ1) is 25.8. The van der Waals surface area contributed by atoms with Gasteiger partial charge in [-0.2, -0.15) is 0 Å². The number of hydrogen-bond acceptors (Lipinski definition) is 6. The van der Waals surface area contributed by atoms with Crippen LogP contribution in [0.15, 0.2) is 85.1 Å². The smallest absolute Gasteiger partial charge is 0.462 e. The molecular weight excluding hydrogens is 687 g/mol. The molecule has 0 spiro atoms. The second-order valence-electron chi connectivity index (χ2n) is 13.2. The van der Waals surface area contributed by atoms with Gasteiger partial charge in [0.2, 0.25) is 0 Å². The molecule has 1 unspecified atom stereocenters. The normalized spacial score (nSPS) is 13.4. The Bertz CT molecular complexity index is 1130. The Morgan fingerprint density at radius 1 is 0.509 bits per heavy atom. The van der Waals surface area contributed by atoms with Crippen LogP contribution >= 0.6 is 7.82 Å². The summed E-state index contributed by atoms with van der Waals surface area (Å²) in [5.41, 5.74) is 0. The molecule has 0 saturated heterocycles. The van der Waals surface area contributed by atoms with Crippen LogP contribution in [0.4, 0.5) is 0 Å². The number of phosphoric acid groups is 1. The Hall–Kier alpha value is -2.77. The van der Waals surface area contributed by atoms with Crippen LogP contribution in [0.3, 0.4) is 0 Å². The van der Waals surface area contributed by atoms with Gasteiger partial charge in [-0.05, 0) is 77.0 Å². The highest BCUT2D eigenvalue weighted by Gasteiger charge is 2.22. The summed E-state index contributed by atoms with van der Waals surface area (Å²) in [6.45, 7) is 3.48. The van der Waals surface area contributed by atoms with E-state index in [4.69, 9.17) is 19.3 Å². The Kier molecular flexibility index (Phi) is 36.9. The summed E-state index contributed by atoms with van der Waals surface area (Å²) in [4.78, 5) is 42.7. The third kappa shape index (κ3) is 41.8. The van der Waals surface area contributed by atoms with Crippen molar-refractivity contribution in [2.75, 3.05) is 13.2 Å². The zero-order valence-electron chi connectivity index (χ0n) is 33.1. The fourth-order valence-corrected chi connectivity index (χ4v) is 5.52. The Balaban J connectivity index is 4.02. The molecule has 2 N–H and O–H groups in total. The summed E-state index contributed by atoms with van der Waals surface area (Å²) < 4.78 is 26.3. The molecule has 0 radical (unpaired) electrons. The minimum Gasteiger partial charge on any atom is -0.462 e. The van der Waals surface area contributed by atoms with Crippen molar-refractivity contribution >= 4 is 19.8 Å². The molecule has 0 aliphatic carbocycles. The molecule has 0 saturated carbocycles. The summed E-state index contributed by atoms with van der Waals surface area (Å²) in [5.74, 6) is -0.988. The molecule has 302 valence electrons. The van der Waals surface area contributed by atoms with E-state index in [2.05, 4.69) is 91.3 Å². The molecule has 1 atom stereocenters. The lowest BCUT2D eigenvalue weighted by Crippen LogP contribution is -2.29. The second-order valence-corrected chi connectivity index (χ2v) is 14.5. The summed E-state index contributed by atoms with van der Waals surface area (Å²) in [6.07, 6.45) is 51.8. The maximum atomic E-state index is 12.3. The van der Waals surface area contributed by atoms with Gasteiger partial charge in [0.25, 0.3) is 0 Å². The zero-order valence-corrected chi connectivity index (χ0v) is 34.0. The van der Waals surface area contributed by atoms with Gasteiger partial charge in [-0.3, -0.25) is 14.1 Å². The maximum absolute atomic E-state index is 12.3. The molecular formula is C44H73O8P. The number of ether oxygens (including phenoxy) is 2. The van der Waals surface area contributed by atoms with Gasteiger partial charge in [0.05, 0.1) is 6.61 Å². The van der Waals surface area contributed by atoms with Gasteiger partial charge >= 0.3 is 19.8 Å². The van der Waals surface area contributed by atoms with Gasteiger partial charge in [0, 0.05) is 12.8 Å². The minimum atomic E-state index is -4.77. The molecule has 53 heavy (non-hydrogen) atoms. The predicted molar refractivity (Wildman–Crippen MR) is 220 cm³/mol. The standard InChI is InChI=1S/C44H73O8P/c1-3-5-7-9-11-13-15-17-18-19-20-21-22-23-24-25-27-28-30-32-34-36-38-43(45)50-40-42(41-51-53(47,48)49)52-44(46)39-37-35-33-31-29-26-16-14-12-10-8-6-4-2/h5,7,11,13,17-18,20-21,23-24,26,29,33,35,42H,3-4,6,8-10,12,14-16,19,22,25,27-28,30-32,34,36-41H2,1-2H3,(H2,47,48,49)/b7-5+,13-11+,18-17+,21-20+,24-23+,29-26+,35-33+. The fourth-order valence-electron chi connectivity index (χ4n) is 5.16. The van der Waals surface area contributed by atoms with E-state index in [1.165, 1.54) is 38.5 Å². The van der Waals surface area contributed by atoms with Gasteiger partial charge in [-0.25, -0.2) is 4.57 Å². The van der Waals surface area contributed by atoms with Gasteiger partial charge in [-0.15, -0.1) is 0 Å². The lowest BCUT2D eigenvalue weighted by molar-refractivity contribution is -0.161. The van der Waals surface area contributed by atoms with Gasteiger partial charge in [0.1, 0.15) is 6.61 Å². The number of carbonyl (C=O) groups excluding carboxylic acids is 2. The van der Waals surface area contributed by atoms with E-state index in [-0.39, 0.29) is 19.4 Å². The van der Waals surface area contributed by atoms with Crippen LogP contribution in [-0.2, 0) is 28.2 Å². The van der Waals surface area contributed by atoms with Crippen LogP contribution in [0.5, 0.6) is 0 Å². The molecule has 8 nitrogen and oxygen atoms in total. The van der Waals surface area contributed by atoms with Crippen LogP contribution in [-0.4, -0.2) is 41.0 Å². The molecule has 9 heteroatoms. The second kappa shape index (κ2) is 38.9. The summed E-state index contributed by atoms with van der Waals surface area (Å²) >= 11 is 0. The van der Waals surface area contributed by atoms with Gasteiger partial charge < -0.3 is 19.3 Å². The minimum absolute atomic E-state index is 0.0979. The average molecular weight is 761 g/mol. The van der Waals surface area contributed by atoms with Crippen LogP contribution in [0.1, 0.15) is 162 Å². The zero-order chi connectivity index (χ0) is 38.9. The number of hydrogen-bond donors (Lipinski definition) is 2. The van der Waals surface area contributed by atoms with Crippen molar-refractivity contribution in [3.63, 3.8) is 0 Å². The fraction of sp³-hybridized carbons (Fsp3) is 0.636. The van der Waals surface area contributed by atoms with E-state index in [1.54, 1.807) is 0 Å². The highest BCUT2D eigenvalue weighted by molar-refractivity contribution is 7.46. The maximum Gasteiger partial charge on any atom is 0.469 e. The average Bonchev–Trinajstić information content (AvgIpc) is 3.13. The molecule has 0 fully saturated rings. The molecule has 0 aromatic carbocycles. The first kappa shape index (κ1) is 50.2. The first-order valence-corrected chi connectivity index (χ1v) is 21.9. The summed E-state index contributed by atoms with van der Waals surface area (Å²) in [7, 11) is -4.77. The van der Waals surface area contributed by atoms with E-state index in [0.29, 0.717) is 12.8 Å². The molecule has 0 aromatic heterocycles. The Morgan fingerprint density at radius 3 is 1.43 bits per heavy atom. The lowest BCUT2D eigenvalue weighted by atomic mass is 10.1. The van der Waals surface area contributed by atoms with Crippen molar-refractivity contribution in [3.8, 4) is 0 Å². The van der Waals surface area contributed by atoms with E-state index in [9.17, 15) is 14.2 Å². The number of carbonyl (C=O) groups is 2. The van der Waals surface area contributed by atoms with Crippen molar-refractivity contribution in [1.29, 1.82) is 0 Å². The molecule has 0 aliphatic rings. The van der Waals surface area contributed by atoms with E-state index in [1.807, 2.05) is 12.2 Å². The Labute approximate surface area is 322 Å². The van der Waals surface area contributed by atoms with E-state index >= 15 is 0 Å². The number of allylic oxidation sites excluding steroid dienone is 14. The van der Waals surface area contributed by atoms with Crippen molar-refractivity contribution in [2.45, 2.75) is 168 Å². The lowest BCUT2D eigenvalue weighted by Gasteiger charge is -2.18. The third-order valence-corrected chi connectivity index (χ3v) is 8.65. The largest absolute Gasteiger partial charge is 0.469 e. The third-order valence-electron chi connectivity index (χ3n) is 8.16. The molecule has 0 aliphatic heterocycles. The summed E-state index contributed by atoms with van der Waals surface area (Å²) in [5, 5.41) is 0. The molecule has 0 heterocycles.